The second kappa shape index (κ2) is 10.6. The van der Waals surface area contributed by atoms with Gasteiger partial charge in [-0.25, -0.2) is 17.8 Å². The van der Waals surface area contributed by atoms with Gasteiger partial charge in [-0.1, -0.05) is 26.0 Å². The number of carbonyl (C=O) groups is 1. The molecule has 2 unspecified atom stereocenters. The van der Waals surface area contributed by atoms with Crippen molar-refractivity contribution in [3.63, 3.8) is 0 Å². The number of nitrogens with zero attached hydrogens (tertiary/aromatic N) is 2. The molecule has 2 atom stereocenters. The van der Waals surface area contributed by atoms with Crippen LogP contribution in [0.4, 0.5) is 15.8 Å². The maximum absolute atomic E-state index is 16.3. The van der Waals surface area contributed by atoms with Crippen LogP contribution in [0.15, 0.2) is 63.6 Å². The molecule has 6 rings (SSSR count). The number of anilines is 2. The van der Waals surface area contributed by atoms with Crippen molar-refractivity contribution in [3.8, 4) is 11.5 Å². The number of halogens is 1. The van der Waals surface area contributed by atoms with E-state index < -0.39 is 33.0 Å². The number of nitrogens with one attached hydrogen (secondary N) is 1. The zero-order chi connectivity index (χ0) is 30.7. The van der Waals surface area contributed by atoms with E-state index in [4.69, 9.17) is 9.15 Å². The molecule has 1 aromatic heterocycles. The number of benzene rings is 2. The fourth-order valence-corrected chi connectivity index (χ4v) is 8.66. The highest BCUT2D eigenvalue weighted by molar-refractivity contribution is 7.95. The van der Waals surface area contributed by atoms with Crippen LogP contribution in [0.5, 0.6) is 11.5 Å². The summed E-state index contributed by atoms with van der Waals surface area (Å²) < 4.78 is 56.1. The normalized spacial score (nSPS) is 22.3. The molecule has 11 heteroatoms. The predicted octanol–water partition coefficient (Wildman–Crippen LogP) is 6.49. The number of hydrogen-bond acceptors (Lipinski definition) is 8. The minimum atomic E-state index is -4.05. The summed E-state index contributed by atoms with van der Waals surface area (Å²) in [6.07, 6.45) is 6.81. The molecular formula is C32H34FN3O6S. The fraction of sp³-hybridized carbons (Fsp3) is 0.375. The van der Waals surface area contributed by atoms with Crippen LogP contribution >= 0.6 is 0 Å². The SMILES string of the molecule is Cc1nc(C(=O)N2c3cccc(O)c3NC3=C(C2c2ccc(OC4C=CCCC4)cc2F)S(=O)(=O)CC(C)(C)C3)c(C)o1. The zero-order valence-corrected chi connectivity index (χ0v) is 25.3. The monoisotopic (exact) mass is 607 g/mol. The summed E-state index contributed by atoms with van der Waals surface area (Å²) in [5, 5.41) is 14.1. The van der Waals surface area contributed by atoms with Crippen molar-refractivity contribution in [1.29, 1.82) is 0 Å². The van der Waals surface area contributed by atoms with E-state index in [2.05, 4.69) is 10.3 Å². The molecule has 3 aliphatic rings. The van der Waals surface area contributed by atoms with Gasteiger partial charge < -0.3 is 19.6 Å². The van der Waals surface area contributed by atoms with Crippen LogP contribution in [-0.4, -0.2) is 36.3 Å². The number of ether oxygens (including phenoxy) is 1. The Balaban J connectivity index is 1.60. The number of sulfone groups is 1. The van der Waals surface area contributed by atoms with Gasteiger partial charge in [0.2, 0.25) is 0 Å². The Morgan fingerprint density at radius 2 is 2.02 bits per heavy atom. The third-order valence-electron chi connectivity index (χ3n) is 8.02. The number of aromatic nitrogens is 1. The molecule has 0 spiro atoms. The van der Waals surface area contributed by atoms with E-state index in [0.717, 1.165) is 19.3 Å². The molecule has 0 bridgehead atoms. The zero-order valence-electron chi connectivity index (χ0n) is 24.5. The number of hydrogen-bond donors (Lipinski definition) is 2. The van der Waals surface area contributed by atoms with E-state index in [9.17, 15) is 18.3 Å². The molecule has 0 saturated carbocycles. The lowest BCUT2D eigenvalue weighted by Gasteiger charge is -2.37. The molecule has 1 amide bonds. The topological polar surface area (TPSA) is 122 Å². The fourth-order valence-electron chi connectivity index (χ4n) is 6.31. The number of para-hydroxylation sites is 1. The Labute approximate surface area is 250 Å². The van der Waals surface area contributed by atoms with Crippen LogP contribution < -0.4 is 15.0 Å². The molecule has 1 aliphatic carbocycles. The van der Waals surface area contributed by atoms with Gasteiger partial charge in [0.25, 0.3) is 5.91 Å². The van der Waals surface area contributed by atoms with Gasteiger partial charge in [-0.3, -0.25) is 9.69 Å². The Kier molecular flexibility index (Phi) is 7.11. The van der Waals surface area contributed by atoms with Gasteiger partial charge in [0.15, 0.2) is 21.4 Å². The molecule has 0 fully saturated rings. The lowest BCUT2D eigenvalue weighted by atomic mass is 9.88. The summed E-state index contributed by atoms with van der Waals surface area (Å²) in [5.41, 5.74) is -0.141. The minimum Gasteiger partial charge on any atom is -0.506 e. The molecule has 2 aromatic carbocycles. The molecule has 43 heavy (non-hydrogen) atoms. The van der Waals surface area contributed by atoms with E-state index in [1.807, 2.05) is 26.0 Å². The average molecular weight is 608 g/mol. The average Bonchev–Trinajstić information content (AvgIpc) is 3.18. The van der Waals surface area contributed by atoms with Crippen LogP contribution in [0.1, 0.15) is 73.3 Å². The number of allylic oxidation sites excluding steroid dienone is 2. The lowest BCUT2D eigenvalue weighted by Crippen LogP contribution is -2.41. The molecule has 2 aliphatic heterocycles. The number of amides is 1. The van der Waals surface area contributed by atoms with Crippen molar-refractivity contribution in [2.45, 2.75) is 65.5 Å². The third kappa shape index (κ3) is 5.30. The van der Waals surface area contributed by atoms with Crippen LogP contribution in [-0.2, 0) is 9.84 Å². The van der Waals surface area contributed by atoms with Crippen LogP contribution in [0.3, 0.4) is 0 Å². The van der Waals surface area contributed by atoms with E-state index in [1.54, 1.807) is 32.0 Å². The van der Waals surface area contributed by atoms with Gasteiger partial charge in [0.05, 0.1) is 16.3 Å². The second-order valence-corrected chi connectivity index (χ2v) is 14.1. The van der Waals surface area contributed by atoms with E-state index in [1.165, 1.54) is 23.1 Å². The van der Waals surface area contributed by atoms with Crippen LogP contribution in [0, 0.1) is 25.1 Å². The highest BCUT2D eigenvalue weighted by atomic mass is 32.2. The highest BCUT2D eigenvalue weighted by Crippen LogP contribution is 2.52. The Hall–Kier alpha value is -4.12. The van der Waals surface area contributed by atoms with E-state index >= 15 is 4.39 Å². The van der Waals surface area contributed by atoms with Gasteiger partial charge >= 0.3 is 0 Å². The highest BCUT2D eigenvalue weighted by Gasteiger charge is 2.48. The molecule has 9 nitrogen and oxygen atoms in total. The standard InChI is InChI=1S/C32H34FN3O6S/c1-18-27(34-19(2)41-18)31(38)36-25-11-8-12-26(37)28(25)35-24-16-32(3,4)17-43(39,40)30(24)29(36)22-14-13-21(15-23(22)33)42-20-9-6-5-7-10-20/h6,8-9,11-15,20,29,35,37H,5,7,10,16-17H2,1-4H3. The molecule has 0 saturated heterocycles. The maximum Gasteiger partial charge on any atom is 0.281 e. The van der Waals surface area contributed by atoms with Gasteiger partial charge in [-0.05, 0) is 68.4 Å². The first-order valence-electron chi connectivity index (χ1n) is 14.3. The second-order valence-electron chi connectivity index (χ2n) is 12.2. The first-order valence-corrected chi connectivity index (χ1v) is 15.9. The summed E-state index contributed by atoms with van der Waals surface area (Å²) >= 11 is 0. The lowest BCUT2D eigenvalue weighted by molar-refractivity contribution is 0.0974. The third-order valence-corrected chi connectivity index (χ3v) is 10.3. The van der Waals surface area contributed by atoms with Crippen molar-refractivity contribution >= 4 is 27.1 Å². The molecular weight excluding hydrogens is 573 g/mol. The van der Waals surface area contributed by atoms with Crippen molar-refractivity contribution in [2.75, 3.05) is 16.0 Å². The number of aromatic hydroxyl groups is 1. The summed E-state index contributed by atoms with van der Waals surface area (Å²) in [5.74, 6) is -1.06. The summed E-state index contributed by atoms with van der Waals surface area (Å²) in [6.45, 7) is 6.84. The molecule has 3 aromatic rings. The van der Waals surface area contributed by atoms with Crippen molar-refractivity contribution in [2.24, 2.45) is 5.41 Å². The number of aryl methyl sites for hydroxylation is 2. The van der Waals surface area contributed by atoms with Gasteiger partial charge in [-0.15, -0.1) is 0 Å². The van der Waals surface area contributed by atoms with Gasteiger partial charge in [0.1, 0.15) is 40.9 Å². The Morgan fingerprint density at radius 3 is 2.70 bits per heavy atom. The largest absolute Gasteiger partial charge is 0.506 e. The van der Waals surface area contributed by atoms with Crippen LogP contribution in [0.25, 0.3) is 0 Å². The minimum absolute atomic E-state index is 0.0356. The molecule has 226 valence electrons. The summed E-state index contributed by atoms with van der Waals surface area (Å²) in [6, 6.07) is 7.44. The van der Waals surface area contributed by atoms with Crippen LogP contribution in [0.2, 0.25) is 0 Å². The molecule has 2 N–H and O–H groups in total. The quantitative estimate of drug-likeness (QED) is 0.255. The van der Waals surface area contributed by atoms with Crippen molar-refractivity contribution in [3.05, 3.63) is 87.9 Å². The Bertz CT molecular complexity index is 1790. The van der Waals surface area contributed by atoms with Crippen molar-refractivity contribution < 1.29 is 31.9 Å². The number of oxazole rings is 1. The first-order chi connectivity index (χ1) is 20.3. The molecule has 0 radical (unpaired) electrons. The number of phenolic OH excluding ortho intramolecular Hbond substituents is 1. The van der Waals surface area contributed by atoms with Gasteiger partial charge in [-0.2, -0.15) is 0 Å². The smallest absolute Gasteiger partial charge is 0.281 e. The number of fused-ring (bicyclic) bond motifs is 1. The van der Waals surface area contributed by atoms with Gasteiger partial charge in [0, 0.05) is 24.3 Å². The summed E-state index contributed by atoms with van der Waals surface area (Å²) in [7, 11) is -4.05. The number of phenols is 1. The first kappa shape index (κ1) is 29.0. The summed E-state index contributed by atoms with van der Waals surface area (Å²) in [4.78, 5) is 19.8. The molecule has 3 heterocycles. The maximum atomic E-state index is 16.3. The Morgan fingerprint density at radius 1 is 1.23 bits per heavy atom. The van der Waals surface area contributed by atoms with E-state index in [0.29, 0.717) is 11.4 Å². The van der Waals surface area contributed by atoms with E-state index in [-0.39, 0.29) is 63.2 Å². The predicted molar refractivity (Wildman–Crippen MR) is 160 cm³/mol. The van der Waals surface area contributed by atoms with Crippen molar-refractivity contribution in [1.82, 2.24) is 4.98 Å². The number of carbonyl (C=O) groups excluding carboxylic acids is 1. The number of rotatable bonds is 4.